The van der Waals surface area contributed by atoms with Crippen LogP contribution < -0.4 is 0 Å². The molecule has 2 rings (SSSR count). The maximum absolute atomic E-state index is 12.2. The first-order valence-electron chi connectivity index (χ1n) is 8.07. The molecule has 0 N–H and O–H groups in total. The molecule has 2 nitrogen and oxygen atoms in total. The minimum absolute atomic E-state index is 0.0467. The number of hydrogen-bond donors (Lipinski definition) is 0. The van der Waals surface area contributed by atoms with Gasteiger partial charge in [0.2, 0.25) is 0 Å². The lowest BCUT2D eigenvalue weighted by Gasteiger charge is -2.08. The Kier molecular flexibility index (Phi) is 6.30. The van der Waals surface area contributed by atoms with Crippen molar-refractivity contribution in [3.63, 3.8) is 0 Å². The van der Waals surface area contributed by atoms with E-state index in [9.17, 15) is 4.79 Å². The van der Waals surface area contributed by atoms with Crippen LogP contribution in [0.3, 0.4) is 0 Å². The maximum atomic E-state index is 12.2. The smallest absolute Gasteiger partial charge is 0.185 e. The van der Waals surface area contributed by atoms with Crippen molar-refractivity contribution < 1.29 is 4.79 Å². The molecule has 0 aliphatic heterocycles. The molecule has 23 heavy (non-hydrogen) atoms. The third kappa shape index (κ3) is 5.84. The number of rotatable bonds is 7. The van der Waals surface area contributed by atoms with E-state index < -0.39 is 0 Å². The second kappa shape index (κ2) is 8.44. The van der Waals surface area contributed by atoms with E-state index in [0.717, 1.165) is 30.5 Å². The molecule has 0 spiro atoms. The van der Waals surface area contributed by atoms with E-state index in [1.807, 2.05) is 42.5 Å². The number of nitrogens with zero attached hydrogens (tertiary/aromatic N) is 1. The van der Waals surface area contributed by atoms with Gasteiger partial charge in [0, 0.05) is 5.56 Å². The highest BCUT2D eigenvalue weighted by atomic mass is 16.1. The molecular formula is C21H25NO. The summed E-state index contributed by atoms with van der Waals surface area (Å²) in [6, 6.07) is 16.1. The van der Waals surface area contributed by atoms with Gasteiger partial charge in [0.25, 0.3) is 0 Å². The number of allylic oxidation sites excluding steroid dienone is 1. The molecule has 0 unspecified atom stereocenters. The van der Waals surface area contributed by atoms with Crippen LogP contribution in [0.5, 0.6) is 0 Å². The zero-order valence-corrected chi connectivity index (χ0v) is 14.3. The molecule has 0 saturated heterocycles. The summed E-state index contributed by atoms with van der Waals surface area (Å²) in [7, 11) is 4.17. The van der Waals surface area contributed by atoms with Gasteiger partial charge in [0.05, 0.1) is 0 Å². The highest BCUT2D eigenvalue weighted by Crippen LogP contribution is 2.10. The van der Waals surface area contributed by atoms with Gasteiger partial charge in [-0.1, -0.05) is 60.2 Å². The van der Waals surface area contributed by atoms with Crippen molar-refractivity contribution in [3.05, 3.63) is 76.9 Å². The van der Waals surface area contributed by atoms with Crippen LogP contribution >= 0.6 is 0 Å². The van der Waals surface area contributed by atoms with Gasteiger partial charge in [-0.2, -0.15) is 0 Å². The highest BCUT2D eigenvalue weighted by Gasteiger charge is 2.02. The molecule has 0 aromatic heterocycles. The molecule has 2 aromatic carbocycles. The maximum Gasteiger partial charge on any atom is 0.185 e. The first-order chi connectivity index (χ1) is 11.0. The normalized spacial score (nSPS) is 11.3. The van der Waals surface area contributed by atoms with Gasteiger partial charge in [0.1, 0.15) is 0 Å². The quantitative estimate of drug-likeness (QED) is 0.558. The Morgan fingerprint density at radius 2 is 1.65 bits per heavy atom. The minimum atomic E-state index is 0.0467. The fourth-order valence-electron chi connectivity index (χ4n) is 2.38. The van der Waals surface area contributed by atoms with Crippen LogP contribution in [0.15, 0.2) is 54.6 Å². The Bertz CT molecular complexity index is 651. The average Bonchev–Trinajstić information content (AvgIpc) is 2.54. The number of benzene rings is 2. The topological polar surface area (TPSA) is 20.3 Å². The molecule has 0 aliphatic carbocycles. The third-order valence-corrected chi connectivity index (χ3v) is 3.81. The van der Waals surface area contributed by atoms with E-state index in [2.05, 4.69) is 38.1 Å². The van der Waals surface area contributed by atoms with Crippen molar-refractivity contribution >= 4 is 11.9 Å². The Labute approximate surface area is 139 Å². The fourth-order valence-corrected chi connectivity index (χ4v) is 2.38. The van der Waals surface area contributed by atoms with Crippen LogP contribution in [0.2, 0.25) is 0 Å². The molecular weight excluding hydrogens is 282 g/mol. The monoisotopic (exact) mass is 307 g/mol. The molecule has 0 bridgehead atoms. The van der Waals surface area contributed by atoms with Gasteiger partial charge < -0.3 is 4.90 Å². The molecule has 0 heterocycles. The van der Waals surface area contributed by atoms with E-state index in [0.29, 0.717) is 0 Å². The zero-order valence-electron chi connectivity index (χ0n) is 14.3. The van der Waals surface area contributed by atoms with E-state index in [-0.39, 0.29) is 5.78 Å². The molecule has 0 saturated carbocycles. The fraction of sp³-hybridized carbons (Fsp3) is 0.286. The lowest BCUT2D eigenvalue weighted by atomic mass is 10.0. The summed E-state index contributed by atoms with van der Waals surface area (Å²) < 4.78 is 0. The number of carbonyl (C=O) groups excluding carboxylic acids is 1. The number of carbonyl (C=O) groups is 1. The number of ketones is 1. The Hall–Kier alpha value is -2.19. The van der Waals surface area contributed by atoms with Crippen molar-refractivity contribution in [1.29, 1.82) is 0 Å². The van der Waals surface area contributed by atoms with Crippen molar-refractivity contribution in [2.45, 2.75) is 19.8 Å². The van der Waals surface area contributed by atoms with Crippen LogP contribution in [0.1, 0.15) is 33.5 Å². The van der Waals surface area contributed by atoms with Gasteiger partial charge in [-0.25, -0.2) is 0 Å². The van der Waals surface area contributed by atoms with Crippen molar-refractivity contribution in [2.75, 3.05) is 20.6 Å². The number of hydrogen-bond acceptors (Lipinski definition) is 2. The Morgan fingerprint density at radius 3 is 2.26 bits per heavy atom. The van der Waals surface area contributed by atoms with Crippen LogP contribution in [-0.2, 0) is 6.42 Å². The predicted octanol–water partition coefficient (Wildman–Crippen LogP) is 4.39. The minimum Gasteiger partial charge on any atom is -0.309 e. The van der Waals surface area contributed by atoms with E-state index >= 15 is 0 Å². The zero-order chi connectivity index (χ0) is 16.7. The van der Waals surface area contributed by atoms with Crippen molar-refractivity contribution in [1.82, 2.24) is 4.90 Å². The number of aryl methyl sites for hydroxylation is 2. The largest absolute Gasteiger partial charge is 0.309 e. The van der Waals surface area contributed by atoms with Gasteiger partial charge in [0.15, 0.2) is 5.78 Å². The Balaban J connectivity index is 1.93. The molecule has 0 amide bonds. The highest BCUT2D eigenvalue weighted by molar-refractivity contribution is 6.06. The molecule has 0 fully saturated rings. The molecule has 0 atom stereocenters. The van der Waals surface area contributed by atoms with Crippen LogP contribution in [0, 0.1) is 6.92 Å². The summed E-state index contributed by atoms with van der Waals surface area (Å²) in [5.74, 6) is 0.0467. The summed E-state index contributed by atoms with van der Waals surface area (Å²) in [6.07, 6.45) is 5.69. The van der Waals surface area contributed by atoms with Crippen molar-refractivity contribution in [3.8, 4) is 0 Å². The van der Waals surface area contributed by atoms with Crippen LogP contribution in [0.4, 0.5) is 0 Å². The predicted molar refractivity (Wildman–Crippen MR) is 97.9 cm³/mol. The third-order valence-electron chi connectivity index (χ3n) is 3.81. The van der Waals surface area contributed by atoms with E-state index in [4.69, 9.17) is 0 Å². The first kappa shape index (κ1) is 17.2. The van der Waals surface area contributed by atoms with Crippen molar-refractivity contribution in [2.24, 2.45) is 0 Å². The second-order valence-electron chi connectivity index (χ2n) is 6.21. The molecule has 0 radical (unpaired) electrons. The molecule has 2 aromatic rings. The van der Waals surface area contributed by atoms with Gasteiger partial charge >= 0.3 is 0 Å². The van der Waals surface area contributed by atoms with Gasteiger partial charge in [-0.3, -0.25) is 4.79 Å². The van der Waals surface area contributed by atoms with Crippen LogP contribution in [0.25, 0.3) is 6.08 Å². The lowest BCUT2D eigenvalue weighted by molar-refractivity contribution is 0.104. The first-order valence-corrected chi connectivity index (χ1v) is 8.07. The Morgan fingerprint density at radius 1 is 1.00 bits per heavy atom. The summed E-state index contributed by atoms with van der Waals surface area (Å²) in [6.45, 7) is 3.14. The molecule has 0 aliphatic rings. The van der Waals surface area contributed by atoms with Gasteiger partial charge in [-0.05, 0) is 57.6 Å². The summed E-state index contributed by atoms with van der Waals surface area (Å²) in [4.78, 5) is 14.4. The molecule has 2 heteroatoms. The van der Waals surface area contributed by atoms with E-state index in [1.54, 1.807) is 6.08 Å². The molecule has 120 valence electrons. The SMILES string of the molecule is Cc1ccc(C=CC(=O)c2ccc(CCCN(C)C)cc2)cc1. The summed E-state index contributed by atoms with van der Waals surface area (Å²) >= 11 is 0. The van der Waals surface area contributed by atoms with Gasteiger partial charge in [-0.15, -0.1) is 0 Å². The van der Waals surface area contributed by atoms with E-state index in [1.165, 1.54) is 11.1 Å². The standard InChI is InChI=1S/C21H25NO/c1-17-6-8-19(9-7-17)12-15-21(23)20-13-10-18(11-14-20)5-4-16-22(2)3/h6-15H,4-5,16H2,1-3H3. The van der Waals surface area contributed by atoms with Crippen LogP contribution in [-0.4, -0.2) is 31.3 Å². The average molecular weight is 307 g/mol. The summed E-state index contributed by atoms with van der Waals surface area (Å²) in [5, 5.41) is 0. The summed E-state index contributed by atoms with van der Waals surface area (Å²) in [5.41, 5.74) is 4.29. The second-order valence-corrected chi connectivity index (χ2v) is 6.21. The lowest BCUT2D eigenvalue weighted by Crippen LogP contribution is -2.13.